The Morgan fingerprint density at radius 2 is 1.91 bits per heavy atom. The molecule has 1 saturated carbocycles. The van der Waals surface area contributed by atoms with Crippen molar-refractivity contribution < 1.29 is 19.1 Å². The SMILES string of the molecule is CC(=O)Nc1sc2c(c1C(=O)OC(C)C(=O)N(c1nccs1)C1CCCCC1)CCCC2. The van der Waals surface area contributed by atoms with Gasteiger partial charge in [0.25, 0.3) is 5.91 Å². The summed E-state index contributed by atoms with van der Waals surface area (Å²) in [5.74, 6) is -1.02. The number of nitrogens with one attached hydrogen (secondary N) is 1. The van der Waals surface area contributed by atoms with Gasteiger partial charge in [-0.15, -0.1) is 22.7 Å². The summed E-state index contributed by atoms with van der Waals surface area (Å²) in [4.78, 5) is 45.6. The van der Waals surface area contributed by atoms with Crippen molar-refractivity contribution in [1.29, 1.82) is 0 Å². The van der Waals surface area contributed by atoms with Crippen molar-refractivity contribution in [3.05, 3.63) is 27.6 Å². The lowest BCUT2D eigenvalue weighted by Gasteiger charge is -2.33. The molecule has 1 fully saturated rings. The molecule has 2 aromatic rings. The molecular formula is C23H29N3O4S2. The number of esters is 1. The molecule has 9 heteroatoms. The van der Waals surface area contributed by atoms with Crippen LogP contribution in [0.2, 0.25) is 0 Å². The molecule has 2 amide bonds. The normalized spacial score (nSPS) is 17.3. The van der Waals surface area contributed by atoms with Crippen molar-refractivity contribution in [2.45, 2.75) is 83.8 Å². The molecule has 0 radical (unpaired) electrons. The molecule has 0 bridgehead atoms. The molecule has 2 aromatic heterocycles. The van der Waals surface area contributed by atoms with Crippen LogP contribution in [-0.2, 0) is 27.2 Å². The van der Waals surface area contributed by atoms with Gasteiger partial charge in [0.15, 0.2) is 11.2 Å². The van der Waals surface area contributed by atoms with Crippen LogP contribution in [0.3, 0.4) is 0 Å². The van der Waals surface area contributed by atoms with Gasteiger partial charge in [-0.25, -0.2) is 9.78 Å². The molecule has 0 saturated heterocycles. The van der Waals surface area contributed by atoms with Crippen LogP contribution in [0.5, 0.6) is 0 Å². The summed E-state index contributed by atoms with van der Waals surface area (Å²) in [6.07, 6.45) is 9.68. The zero-order valence-electron chi connectivity index (χ0n) is 18.5. The average molecular weight is 476 g/mol. The van der Waals surface area contributed by atoms with E-state index in [4.69, 9.17) is 4.74 Å². The van der Waals surface area contributed by atoms with Crippen LogP contribution in [-0.4, -0.2) is 34.9 Å². The Hall–Kier alpha value is -2.26. The number of fused-ring (bicyclic) bond motifs is 1. The van der Waals surface area contributed by atoms with E-state index in [0.29, 0.717) is 15.7 Å². The predicted octanol–water partition coefficient (Wildman–Crippen LogP) is 4.95. The summed E-state index contributed by atoms with van der Waals surface area (Å²) < 4.78 is 5.72. The maximum Gasteiger partial charge on any atom is 0.342 e. The number of hydrogen-bond donors (Lipinski definition) is 1. The summed E-state index contributed by atoms with van der Waals surface area (Å²) >= 11 is 2.87. The number of carbonyl (C=O) groups is 3. The standard InChI is InChI=1S/C23H29N3O4S2/c1-14(21(28)26(23-24-12-13-31-23)16-8-4-3-5-9-16)30-22(29)19-17-10-6-7-11-18(17)32-20(19)25-15(2)27/h12-14,16H,3-11H2,1-2H3,(H,25,27). The second-order valence-corrected chi connectivity index (χ2v) is 10.4. The van der Waals surface area contributed by atoms with E-state index in [1.807, 2.05) is 5.38 Å². The highest BCUT2D eigenvalue weighted by atomic mass is 32.1. The highest BCUT2D eigenvalue weighted by Crippen LogP contribution is 2.39. The van der Waals surface area contributed by atoms with Crippen LogP contribution in [0.25, 0.3) is 0 Å². The molecule has 4 rings (SSSR count). The third-order valence-corrected chi connectivity index (χ3v) is 8.08. The van der Waals surface area contributed by atoms with E-state index in [1.54, 1.807) is 18.0 Å². The second kappa shape index (κ2) is 10.1. The molecule has 2 aliphatic carbocycles. The van der Waals surface area contributed by atoms with Gasteiger partial charge in [-0.05, 0) is 51.0 Å². The number of thiophene rings is 1. The second-order valence-electron chi connectivity index (χ2n) is 8.46. The zero-order valence-corrected chi connectivity index (χ0v) is 20.2. The average Bonchev–Trinajstić information content (AvgIpc) is 3.42. The van der Waals surface area contributed by atoms with Crippen molar-refractivity contribution >= 4 is 50.6 Å². The minimum atomic E-state index is -0.947. The first kappa shape index (κ1) is 22.9. The molecule has 1 unspecified atom stereocenters. The smallest absolute Gasteiger partial charge is 0.342 e. The molecule has 2 heterocycles. The summed E-state index contributed by atoms with van der Waals surface area (Å²) in [6.45, 7) is 3.05. The van der Waals surface area contributed by atoms with E-state index in [-0.39, 0.29) is 17.9 Å². The lowest BCUT2D eigenvalue weighted by Crippen LogP contribution is -2.47. The number of rotatable bonds is 6. The minimum Gasteiger partial charge on any atom is -0.449 e. The molecule has 32 heavy (non-hydrogen) atoms. The van der Waals surface area contributed by atoms with Crippen molar-refractivity contribution in [2.75, 3.05) is 10.2 Å². The molecule has 7 nitrogen and oxygen atoms in total. The van der Waals surface area contributed by atoms with E-state index in [0.717, 1.165) is 61.8 Å². The fourth-order valence-corrected chi connectivity index (χ4v) is 6.64. The molecule has 0 spiro atoms. The number of nitrogens with zero attached hydrogens (tertiary/aromatic N) is 2. The quantitative estimate of drug-likeness (QED) is 0.597. The van der Waals surface area contributed by atoms with Crippen molar-refractivity contribution in [3.63, 3.8) is 0 Å². The zero-order chi connectivity index (χ0) is 22.7. The molecule has 172 valence electrons. The van der Waals surface area contributed by atoms with Gasteiger partial charge >= 0.3 is 5.97 Å². The number of amides is 2. The van der Waals surface area contributed by atoms with Gasteiger partial charge in [-0.3, -0.25) is 14.5 Å². The third kappa shape index (κ3) is 4.88. The first-order chi connectivity index (χ1) is 15.5. The fourth-order valence-electron chi connectivity index (χ4n) is 4.60. The third-order valence-electron chi connectivity index (χ3n) is 6.10. The lowest BCUT2D eigenvalue weighted by molar-refractivity contribution is -0.127. The van der Waals surface area contributed by atoms with Crippen LogP contribution in [0.1, 0.15) is 79.6 Å². The van der Waals surface area contributed by atoms with Gasteiger partial charge in [-0.2, -0.15) is 0 Å². The Kier molecular flexibility index (Phi) is 7.25. The number of aryl methyl sites for hydroxylation is 1. The van der Waals surface area contributed by atoms with Gasteiger partial charge in [0.1, 0.15) is 5.00 Å². The van der Waals surface area contributed by atoms with E-state index in [2.05, 4.69) is 10.3 Å². The fraction of sp³-hybridized carbons (Fsp3) is 0.565. The van der Waals surface area contributed by atoms with E-state index in [1.165, 1.54) is 36.0 Å². The van der Waals surface area contributed by atoms with Gasteiger partial charge < -0.3 is 10.1 Å². The summed E-state index contributed by atoms with van der Waals surface area (Å²) in [5, 5.41) is 5.82. The Bertz CT molecular complexity index is 980. The monoisotopic (exact) mass is 475 g/mol. The van der Waals surface area contributed by atoms with Crippen LogP contribution in [0.4, 0.5) is 10.1 Å². The Morgan fingerprint density at radius 3 is 2.59 bits per heavy atom. The van der Waals surface area contributed by atoms with Gasteiger partial charge in [-0.1, -0.05) is 19.3 Å². The summed E-state index contributed by atoms with van der Waals surface area (Å²) in [6, 6.07) is 0.0763. The molecule has 2 aliphatic rings. The maximum atomic E-state index is 13.4. The largest absolute Gasteiger partial charge is 0.449 e. The Balaban J connectivity index is 1.55. The molecule has 0 aromatic carbocycles. The Labute approximate surface area is 196 Å². The summed E-state index contributed by atoms with van der Waals surface area (Å²) in [7, 11) is 0. The van der Waals surface area contributed by atoms with E-state index in [9.17, 15) is 14.4 Å². The molecule has 1 N–H and O–H groups in total. The minimum absolute atomic E-state index is 0.0763. The number of carbonyl (C=O) groups excluding carboxylic acids is 3. The maximum absolute atomic E-state index is 13.4. The number of hydrogen-bond acceptors (Lipinski definition) is 7. The van der Waals surface area contributed by atoms with Gasteiger partial charge in [0, 0.05) is 29.4 Å². The number of aromatic nitrogens is 1. The van der Waals surface area contributed by atoms with Gasteiger partial charge in [0.05, 0.1) is 5.56 Å². The van der Waals surface area contributed by atoms with Crippen LogP contribution < -0.4 is 10.2 Å². The van der Waals surface area contributed by atoms with E-state index >= 15 is 0 Å². The lowest BCUT2D eigenvalue weighted by atomic mass is 9.94. The van der Waals surface area contributed by atoms with Crippen LogP contribution in [0, 0.1) is 0 Å². The highest BCUT2D eigenvalue weighted by molar-refractivity contribution is 7.17. The van der Waals surface area contributed by atoms with Crippen LogP contribution in [0.15, 0.2) is 11.6 Å². The van der Waals surface area contributed by atoms with Crippen molar-refractivity contribution in [3.8, 4) is 0 Å². The van der Waals surface area contributed by atoms with Crippen molar-refractivity contribution in [2.24, 2.45) is 0 Å². The number of anilines is 2. The number of ether oxygens (including phenoxy) is 1. The first-order valence-corrected chi connectivity index (χ1v) is 13.0. The first-order valence-electron chi connectivity index (χ1n) is 11.3. The van der Waals surface area contributed by atoms with Crippen LogP contribution >= 0.6 is 22.7 Å². The van der Waals surface area contributed by atoms with Gasteiger partial charge in [0.2, 0.25) is 5.91 Å². The molecule has 1 atom stereocenters. The summed E-state index contributed by atoms with van der Waals surface area (Å²) in [5.41, 5.74) is 1.37. The molecule has 0 aliphatic heterocycles. The topological polar surface area (TPSA) is 88.6 Å². The number of thiazole rings is 1. The highest BCUT2D eigenvalue weighted by Gasteiger charge is 2.35. The van der Waals surface area contributed by atoms with E-state index < -0.39 is 12.1 Å². The van der Waals surface area contributed by atoms with Crippen molar-refractivity contribution in [1.82, 2.24) is 4.98 Å². The molecular weight excluding hydrogens is 446 g/mol. The predicted molar refractivity (Wildman–Crippen MR) is 127 cm³/mol. The Morgan fingerprint density at radius 1 is 1.16 bits per heavy atom.